The van der Waals surface area contributed by atoms with Crippen LogP contribution in [0, 0.1) is 5.92 Å². The van der Waals surface area contributed by atoms with Gasteiger partial charge in [-0.15, -0.1) is 0 Å². The molecule has 112 valence electrons. The lowest BCUT2D eigenvalue weighted by Gasteiger charge is -2.38. The van der Waals surface area contributed by atoms with Crippen molar-refractivity contribution in [2.45, 2.75) is 58.1 Å². The van der Waals surface area contributed by atoms with Crippen LogP contribution in [0.5, 0.6) is 0 Å². The first-order valence-corrected chi connectivity index (χ1v) is 7.02. The first kappa shape index (κ1) is 14.8. The Balaban J connectivity index is 2.11. The van der Waals surface area contributed by atoms with E-state index in [1.807, 2.05) is 0 Å². The van der Waals surface area contributed by atoms with E-state index in [2.05, 4.69) is 4.74 Å². The highest BCUT2D eigenvalue weighted by Gasteiger charge is 2.44. The van der Waals surface area contributed by atoms with Crippen LogP contribution in [0.1, 0.15) is 46.5 Å². The average molecular weight is 283 g/mol. The lowest BCUT2D eigenvalue weighted by atomic mass is 9.89. The van der Waals surface area contributed by atoms with Gasteiger partial charge in [0.15, 0.2) is 0 Å². The molecule has 0 aliphatic carbocycles. The number of amides is 1. The zero-order valence-corrected chi connectivity index (χ0v) is 12.2. The number of cyclic esters (lactones) is 2. The molecule has 6 heteroatoms. The highest BCUT2D eigenvalue weighted by atomic mass is 16.6. The van der Waals surface area contributed by atoms with Gasteiger partial charge in [-0.25, -0.2) is 4.79 Å². The van der Waals surface area contributed by atoms with Crippen molar-refractivity contribution < 1.29 is 23.9 Å². The molecule has 0 aromatic carbocycles. The average Bonchev–Trinajstić information content (AvgIpc) is 2.66. The predicted molar refractivity (Wildman–Crippen MR) is 69.8 cm³/mol. The van der Waals surface area contributed by atoms with E-state index < -0.39 is 29.6 Å². The van der Waals surface area contributed by atoms with Gasteiger partial charge in [-0.2, -0.15) is 0 Å². The van der Waals surface area contributed by atoms with Gasteiger partial charge in [0, 0.05) is 12.6 Å². The molecule has 6 nitrogen and oxygen atoms in total. The van der Waals surface area contributed by atoms with E-state index in [-0.39, 0.29) is 12.5 Å². The number of carbonyl (C=O) groups is 3. The highest BCUT2D eigenvalue weighted by molar-refractivity contribution is 5.95. The van der Waals surface area contributed by atoms with Gasteiger partial charge in [-0.05, 0) is 40.0 Å². The summed E-state index contributed by atoms with van der Waals surface area (Å²) < 4.78 is 9.98. The van der Waals surface area contributed by atoms with Crippen LogP contribution in [0.3, 0.4) is 0 Å². The SMILES string of the molecule is CC(C)(C)OC(=O)N1CCCCC1C1CC(=O)OC1=O. The summed E-state index contributed by atoms with van der Waals surface area (Å²) in [6.07, 6.45) is 2.15. The second kappa shape index (κ2) is 5.42. The van der Waals surface area contributed by atoms with Crippen molar-refractivity contribution in [1.29, 1.82) is 0 Å². The summed E-state index contributed by atoms with van der Waals surface area (Å²) in [5, 5.41) is 0. The van der Waals surface area contributed by atoms with Crippen LogP contribution in [0.25, 0.3) is 0 Å². The monoisotopic (exact) mass is 283 g/mol. The molecule has 0 spiro atoms. The van der Waals surface area contributed by atoms with Crippen molar-refractivity contribution in [2.24, 2.45) is 5.92 Å². The van der Waals surface area contributed by atoms with Gasteiger partial charge in [0.05, 0.1) is 12.3 Å². The fraction of sp³-hybridized carbons (Fsp3) is 0.786. The Morgan fingerprint density at radius 2 is 2.00 bits per heavy atom. The minimum Gasteiger partial charge on any atom is -0.444 e. The molecule has 2 fully saturated rings. The summed E-state index contributed by atoms with van der Waals surface area (Å²) in [7, 11) is 0. The first-order chi connectivity index (χ1) is 9.28. The molecule has 0 N–H and O–H groups in total. The van der Waals surface area contributed by atoms with E-state index in [0.717, 1.165) is 12.8 Å². The maximum absolute atomic E-state index is 12.2. The molecular formula is C14H21NO5. The number of rotatable bonds is 1. The number of hydrogen-bond acceptors (Lipinski definition) is 5. The quantitative estimate of drug-likeness (QED) is 0.542. The van der Waals surface area contributed by atoms with Crippen molar-refractivity contribution in [3.63, 3.8) is 0 Å². The van der Waals surface area contributed by atoms with E-state index in [9.17, 15) is 14.4 Å². The molecule has 2 atom stereocenters. The molecule has 0 bridgehead atoms. The van der Waals surface area contributed by atoms with Crippen LogP contribution in [-0.4, -0.2) is 41.1 Å². The summed E-state index contributed by atoms with van der Waals surface area (Å²) in [4.78, 5) is 36.8. The molecular weight excluding hydrogens is 262 g/mol. The Morgan fingerprint density at radius 1 is 1.30 bits per heavy atom. The lowest BCUT2D eigenvalue weighted by Crippen LogP contribution is -2.50. The highest BCUT2D eigenvalue weighted by Crippen LogP contribution is 2.31. The Labute approximate surface area is 118 Å². The number of piperidine rings is 1. The maximum Gasteiger partial charge on any atom is 0.410 e. The minimum absolute atomic E-state index is 0.0583. The van der Waals surface area contributed by atoms with Crippen molar-refractivity contribution in [3.8, 4) is 0 Å². The fourth-order valence-corrected chi connectivity index (χ4v) is 2.71. The summed E-state index contributed by atoms with van der Waals surface area (Å²) in [6, 6.07) is -0.294. The third-order valence-corrected chi connectivity index (χ3v) is 3.55. The van der Waals surface area contributed by atoms with E-state index in [0.29, 0.717) is 13.0 Å². The molecule has 2 heterocycles. The number of nitrogens with zero attached hydrogens (tertiary/aromatic N) is 1. The lowest BCUT2D eigenvalue weighted by molar-refractivity contribution is -0.153. The van der Waals surface area contributed by atoms with E-state index in [1.54, 1.807) is 25.7 Å². The largest absolute Gasteiger partial charge is 0.444 e. The maximum atomic E-state index is 12.2. The van der Waals surface area contributed by atoms with Gasteiger partial charge in [0.25, 0.3) is 0 Å². The van der Waals surface area contributed by atoms with E-state index in [4.69, 9.17) is 4.74 Å². The summed E-state index contributed by atoms with van der Waals surface area (Å²) in [6.45, 7) is 5.96. The Bertz CT molecular complexity index is 426. The molecule has 0 aromatic rings. The first-order valence-electron chi connectivity index (χ1n) is 7.02. The number of carbonyl (C=O) groups excluding carboxylic acids is 3. The molecule has 0 saturated carbocycles. The molecule has 2 aliphatic rings. The van der Waals surface area contributed by atoms with Crippen LogP contribution in [0.4, 0.5) is 4.79 Å². The van der Waals surface area contributed by atoms with E-state index in [1.165, 1.54) is 0 Å². The van der Waals surface area contributed by atoms with E-state index >= 15 is 0 Å². The summed E-state index contributed by atoms with van der Waals surface area (Å²) >= 11 is 0. The van der Waals surface area contributed by atoms with Crippen LogP contribution in [0.2, 0.25) is 0 Å². The second-order valence-electron chi connectivity index (χ2n) is 6.34. The van der Waals surface area contributed by atoms with Gasteiger partial charge in [-0.1, -0.05) is 0 Å². The number of esters is 2. The third kappa shape index (κ3) is 3.29. The Morgan fingerprint density at radius 3 is 2.55 bits per heavy atom. The third-order valence-electron chi connectivity index (χ3n) is 3.55. The van der Waals surface area contributed by atoms with Crippen molar-refractivity contribution in [2.75, 3.05) is 6.54 Å². The number of hydrogen-bond donors (Lipinski definition) is 0. The van der Waals surface area contributed by atoms with Gasteiger partial charge in [0.1, 0.15) is 5.60 Å². The molecule has 1 amide bonds. The van der Waals surface area contributed by atoms with Crippen LogP contribution in [0.15, 0.2) is 0 Å². The van der Waals surface area contributed by atoms with Crippen LogP contribution < -0.4 is 0 Å². The second-order valence-corrected chi connectivity index (χ2v) is 6.34. The van der Waals surface area contributed by atoms with Gasteiger partial charge in [0.2, 0.25) is 0 Å². The van der Waals surface area contributed by atoms with Crippen molar-refractivity contribution >= 4 is 18.0 Å². The van der Waals surface area contributed by atoms with Crippen LogP contribution in [-0.2, 0) is 19.1 Å². The summed E-state index contributed by atoms with van der Waals surface area (Å²) in [5.74, 6) is -1.57. The fourth-order valence-electron chi connectivity index (χ4n) is 2.71. The molecule has 2 unspecified atom stereocenters. The Hall–Kier alpha value is -1.59. The smallest absolute Gasteiger partial charge is 0.410 e. The minimum atomic E-state index is -0.578. The standard InChI is InChI=1S/C14H21NO5/c1-14(2,3)20-13(18)15-7-5-4-6-10(15)9-8-11(16)19-12(9)17/h9-10H,4-8H2,1-3H3. The number of likely N-dealkylation sites (tertiary alicyclic amines) is 1. The number of ether oxygens (including phenoxy) is 2. The van der Waals surface area contributed by atoms with Crippen molar-refractivity contribution in [1.82, 2.24) is 4.90 Å². The van der Waals surface area contributed by atoms with Gasteiger partial charge < -0.3 is 14.4 Å². The molecule has 0 radical (unpaired) electrons. The normalized spacial score (nSPS) is 27.4. The molecule has 2 saturated heterocycles. The molecule has 2 rings (SSSR count). The Kier molecular flexibility index (Phi) is 4.01. The van der Waals surface area contributed by atoms with Gasteiger partial charge in [-0.3, -0.25) is 9.59 Å². The van der Waals surface area contributed by atoms with Crippen molar-refractivity contribution in [3.05, 3.63) is 0 Å². The van der Waals surface area contributed by atoms with Crippen LogP contribution >= 0.6 is 0 Å². The molecule has 2 aliphatic heterocycles. The zero-order chi connectivity index (χ0) is 14.9. The summed E-state index contributed by atoms with van der Waals surface area (Å²) in [5.41, 5.74) is -0.578. The zero-order valence-electron chi connectivity index (χ0n) is 12.2. The van der Waals surface area contributed by atoms with Gasteiger partial charge >= 0.3 is 18.0 Å². The molecule has 20 heavy (non-hydrogen) atoms. The topological polar surface area (TPSA) is 72.9 Å². The molecule has 0 aromatic heterocycles. The predicted octanol–water partition coefficient (Wildman–Crippen LogP) is 1.87.